The van der Waals surface area contributed by atoms with E-state index in [1.54, 1.807) is 0 Å². The van der Waals surface area contributed by atoms with Crippen LogP contribution in [0.25, 0.3) is 0 Å². The molecule has 3 unspecified atom stereocenters. The summed E-state index contributed by atoms with van der Waals surface area (Å²) in [5, 5.41) is 3.82. The predicted octanol–water partition coefficient (Wildman–Crippen LogP) is 3.91. The van der Waals surface area contributed by atoms with Gasteiger partial charge >= 0.3 is 0 Å². The van der Waals surface area contributed by atoms with Gasteiger partial charge in [-0.1, -0.05) is 41.5 Å². The Labute approximate surface area is 121 Å². The predicted molar refractivity (Wildman–Crippen MR) is 85.6 cm³/mol. The zero-order valence-electron chi connectivity index (χ0n) is 14.5. The standard InChI is InChI=1S/C17H36N2/c1-9-12-18-15-14(10-11-17(15,6)7)19(8)13(2)16(3,4)5/h13-15,18H,9-12H2,1-8H3. The van der Waals surface area contributed by atoms with Gasteiger partial charge in [0.2, 0.25) is 0 Å². The Morgan fingerprint density at radius 3 is 2.37 bits per heavy atom. The van der Waals surface area contributed by atoms with Crippen molar-refractivity contribution in [1.29, 1.82) is 0 Å². The highest BCUT2D eigenvalue weighted by atomic mass is 15.2. The van der Waals surface area contributed by atoms with E-state index in [4.69, 9.17) is 0 Å². The molecule has 0 heterocycles. The Morgan fingerprint density at radius 1 is 1.32 bits per heavy atom. The third-order valence-electron chi connectivity index (χ3n) is 5.31. The molecule has 0 aromatic heterocycles. The van der Waals surface area contributed by atoms with E-state index in [-0.39, 0.29) is 0 Å². The lowest BCUT2D eigenvalue weighted by atomic mass is 9.83. The lowest BCUT2D eigenvalue weighted by molar-refractivity contribution is 0.0750. The van der Waals surface area contributed by atoms with Crippen LogP contribution in [0.3, 0.4) is 0 Å². The van der Waals surface area contributed by atoms with Crippen LogP contribution < -0.4 is 5.32 Å². The molecule has 2 nitrogen and oxygen atoms in total. The molecule has 2 heteroatoms. The van der Waals surface area contributed by atoms with Crippen LogP contribution >= 0.6 is 0 Å². The summed E-state index contributed by atoms with van der Waals surface area (Å²) in [7, 11) is 2.32. The molecular formula is C17H36N2. The fourth-order valence-corrected chi connectivity index (χ4v) is 3.41. The van der Waals surface area contributed by atoms with Crippen molar-refractivity contribution in [2.24, 2.45) is 10.8 Å². The molecule has 1 N–H and O–H groups in total. The fraction of sp³-hybridized carbons (Fsp3) is 1.00. The molecule has 0 aromatic carbocycles. The molecule has 0 aromatic rings. The van der Waals surface area contributed by atoms with Crippen molar-refractivity contribution < 1.29 is 0 Å². The second-order valence-electron chi connectivity index (χ2n) is 8.23. The molecule has 1 fully saturated rings. The van der Waals surface area contributed by atoms with Gasteiger partial charge in [0, 0.05) is 18.1 Å². The Balaban J connectivity index is 2.80. The number of nitrogens with one attached hydrogen (secondary N) is 1. The van der Waals surface area contributed by atoms with Crippen molar-refractivity contribution in [3.63, 3.8) is 0 Å². The SMILES string of the molecule is CCCNC1C(N(C)C(C)C(C)(C)C)CCC1(C)C. The molecule has 1 aliphatic rings. The van der Waals surface area contributed by atoms with Crippen LogP contribution in [-0.4, -0.2) is 36.6 Å². The third-order valence-corrected chi connectivity index (χ3v) is 5.31. The normalized spacial score (nSPS) is 28.9. The Kier molecular flexibility index (Phi) is 5.48. The first-order valence-corrected chi connectivity index (χ1v) is 8.06. The Hall–Kier alpha value is -0.0800. The average molecular weight is 268 g/mol. The molecule has 0 radical (unpaired) electrons. The molecule has 0 saturated heterocycles. The molecule has 0 bridgehead atoms. The molecule has 3 atom stereocenters. The minimum Gasteiger partial charge on any atom is -0.312 e. The summed E-state index contributed by atoms with van der Waals surface area (Å²) in [5.41, 5.74) is 0.766. The van der Waals surface area contributed by atoms with Gasteiger partial charge in [-0.15, -0.1) is 0 Å². The van der Waals surface area contributed by atoms with Crippen molar-refractivity contribution in [2.45, 2.75) is 85.9 Å². The summed E-state index contributed by atoms with van der Waals surface area (Å²) >= 11 is 0. The molecule has 1 saturated carbocycles. The van der Waals surface area contributed by atoms with Gasteiger partial charge in [0.05, 0.1) is 0 Å². The summed E-state index contributed by atoms with van der Waals surface area (Å²) in [6, 6.07) is 1.91. The van der Waals surface area contributed by atoms with Crippen molar-refractivity contribution in [2.75, 3.05) is 13.6 Å². The number of hydrogen-bond acceptors (Lipinski definition) is 2. The van der Waals surface area contributed by atoms with Crippen molar-refractivity contribution in [1.82, 2.24) is 10.2 Å². The van der Waals surface area contributed by atoms with Gasteiger partial charge in [-0.05, 0) is 50.6 Å². The van der Waals surface area contributed by atoms with Crippen LogP contribution in [0.15, 0.2) is 0 Å². The van der Waals surface area contributed by atoms with E-state index >= 15 is 0 Å². The summed E-state index contributed by atoms with van der Waals surface area (Å²) in [6.07, 6.45) is 3.88. The molecule has 1 rings (SSSR count). The van der Waals surface area contributed by atoms with Gasteiger partial charge in [-0.3, -0.25) is 4.90 Å². The van der Waals surface area contributed by atoms with E-state index < -0.39 is 0 Å². The summed E-state index contributed by atoms with van der Waals surface area (Å²) in [4.78, 5) is 2.63. The van der Waals surface area contributed by atoms with Crippen LogP contribution in [0.1, 0.15) is 67.7 Å². The van der Waals surface area contributed by atoms with Gasteiger partial charge in [0.25, 0.3) is 0 Å². The van der Waals surface area contributed by atoms with Gasteiger partial charge in [0.15, 0.2) is 0 Å². The highest BCUT2D eigenvalue weighted by Crippen LogP contribution is 2.41. The van der Waals surface area contributed by atoms with Gasteiger partial charge in [-0.25, -0.2) is 0 Å². The molecule has 114 valence electrons. The number of hydrogen-bond donors (Lipinski definition) is 1. The number of nitrogens with zero attached hydrogens (tertiary/aromatic N) is 1. The largest absolute Gasteiger partial charge is 0.312 e. The zero-order valence-corrected chi connectivity index (χ0v) is 14.5. The maximum atomic E-state index is 3.82. The van der Waals surface area contributed by atoms with Crippen LogP contribution in [0.4, 0.5) is 0 Å². The summed E-state index contributed by atoms with van der Waals surface area (Å²) < 4.78 is 0. The Morgan fingerprint density at radius 2 is 1.89 bits per heavy atom. The van der Waals surface area contributed by atoms with Crippen LogP contribution in [0.2, 0.25) is 0 Å². The van der Waals surface area contributed by atoms with E-state index in [1.165, 1.54) is 19.3 Å². The smallest absolute Gasteiger partial charge is 0.0274 e. The second kappa shape index (κ2) is 6.13. The topological polar surface area (TPSA) is 15.3 Å². The van der Waals surface area contributed by atoms with Crippen molar-refractivity contribution >= 4 is 0 Å². The number of likely N-dealkylation sites (N-methyl/N-ethyl adjacent to an activating group) is 1. The first kappa shape index (κ1) is 17.0. The molecule has 0 amide bonds. The van der Waals surface area contributed by atoms with Crippen LogP contribution in [0.5, 0.6) is 0 Å². The quantitative estimate of drug-likeness (QED) is 0.813. The van der Waals surface area contributed by atoms with Crippen molar-refractivity contribution in [3.8, 4) is 0 Å². The van der Waals surface area contributed by atoms with E-state index in [0.717, 1.165) is 6.54 Å². The third kappa shape index (κ3) is 3.95. The zero-order chi connectivity index (χ0) is 14.8. The molecule has 1 aliphatic carbocycles. The van der Waals surface area contributed by atoms with E-state index in [9.17, 15) is 0 Å². The first-order chi connectivity index (χ1) is 8.61. The molecule has 0 spiro atoms. The maximum absolute atomic E-state index is 3.82. The molecule has 19 heavy (non-hydrogen) atoms. The maximum Gasteiger partial charge on any atom is 0.0274 e. The molecule has 0 aliphatic heterocycles. The lowest BCUT2D eigenvalue weighted by Gasteiger charge is -2.43. The van der Waals surface area contributed by atoms with Crippen LogP contribution in [0, 0.1) is 10.8 Å². The van der Waals surface area contributed by atoms with Gasteiger partial charge in [0.1, 0.15) is 0 Å². The summed E-state index contributed by atoms with van der Waals surface area (Å²) in [5.74, 6) is 0. The monoisotopic (exact) mass is 268 g/mol. The number of rotatable bonds is 5. The highest BCUT2D eigenvalue weighted by molar-refractivity contribution is 5.02. The second-order valence-corrected chi connectivity index (χ2v) is 8.23. The minimum atomic E-state index is 0.344. The summed E-state index contributed by atoms with van der Waals surface area (Å²) in [6.45, 7) is 17.7. The van der Waals surface area contributed by atoms with Gasteiger partial charge in [-0.2, -0.15) is 0 Å². The minimum absolute atomic E-state index is 0.344. The first-order valence-electron chi connectivity index (χ1n) is 8.06. The fourth-order valence-electron chi connectivity index (χ4n) is 3.41. The molecular weight excluding hydrogens is 232 g/mol. The lowest BCUT2D eigenvalue weighted by Crippen LogP contribution is -2.55. The highest BCUT2D eigenvalue weighted by Gasteiger charge is 2.45. The van der Waals surface area contributed by atoms with E-state index in [2.05, 4.69) is 65.7 Å². The van der Waals surface area contributed by atoms with Gasteiger partial charge < -0.3 is 5.32 Å². The van der Waals surface area contributed by atoms with Crippen molar-refractivity contribution in [3.05, 3.63) is 0 Å². The van der Waals surface area contributed by atoms with Crippen LogP contribution in [-0.2, 0) is 0 Å². The Bertz CT molecular complexity index is 277. The van der Waals surface area contributed by atoms with E-state index in [0.29, 0.717) is 29.0 Å². The van der Waals surface area contributed by atoms with E-state index in [1.807, 2.05) is 0 Å². The average Bonchev–Trinajstić information content (AvgIpc) is 2.59.